The third-order valence-electron chi connectivity index (χ3n) is 1.21. The average molecular weight is 208 g/mol. The number of alkyl halides is 3. The van der Waals surface area contributed by atoms with Gasteiger partial charge in [-0.25, -0.2) is 4.98 Å². The molecule has 0 spiro atoms. The van der Waals surface area contributed by atoms with E-state index in [9.17, 15) is 13.2 Å². The molecule has 1 aromatic heterocycles. The summed E-state index contributed by atoms with van der Waals surface area (Å²) in [6, 6.07) is -2.18. The van der Waals surface area contributed by atoms with Gasteiger partial charge in [0.1, 0.15) is 0 Å². The highest BCUT2D eigenvalue weighted by Crippen LogP contribution is 2.35. The molecule has 0 aliphatic rings. The second kappa shape index (κ2) is 3.63. The molecule has 8 heteroatoms. The minimum absolute atomic E-state index is 0.268. The van der Waals surface area contributed by atoms with Crippen molar-refractivity contribution in [3.8, 4) is 0 Å². The molecule has 0 aromatic carbocycles. The van der Waals surface area contributed by atoms with E-state index in [1.165, 1.54) is 10.9 Å². The Bertz CT molecular complexity index is 313. The van der Waals surface area contributed by atoms with Gasteiger partial charge in [-0.1, -0.05) is 5.11 Å². The van der Waals surface area contributed by atoms with E-state index in [0.717, 1.165) is 11.3 Å². The topological polar surface area (TPSA) is 61.7 Å². The van der Waals surface area contributed by atoms with Crippen LogP contribution < -0.4 is 0 Å². The van der Waals surface area contributed by atoms with E-state index in [4.69, 9.17) is 5.53 Å². The van der Waals surface area contributed by atoms with E-state index >= 15 is 0 Å². The molecular formula is C5H3F3N4S. The van der Waals surface area contributed by atoms with Gasteiger partial charge < -0.3 is 0 Å². The molecule has 0 bridgehead atoms. The smallest absolute Gasteiger partial charge is 0.249 e. The standard InChI is InChI=1S/C5H3F3N4S/c6-5(7,8)4(11-12-9)3-1-13-2-10-3/h1-2,4H. The minimum Gasteiger partial charge on any atom is -0.249 e. The van der Waals surface area contributed by atoms with Crippen LogP contribution in [-0.2, 0) is 0 Å². The zero-order valence-corrected chi connectivity index (χ0v) is 6.88. The van der Waals surface area contributed by atoms with Gasteiger partial charge in [-0.05, 0) is 5.53 Å². The van der Waals surface area contributed by atoms with Crippen LogP contribution in [-0.4, -0.2) is 11.2 Å². The molecule has 1 unspecified atom stereocenters. The summed E-state index contributed by atoms with van der Waals surface area (Å²) < 4.78 is 36.5. The predicted octanol–water partition coefficient (Wildman–Crippen LogP) is 3.06. The largest absolute Gasteiger partial charge is 0.403 e. The molecule has 1 heterocycles. The second-order valence-electron chi connectivity index (χ2n) is 2.06. The lowest BCUT2D eigenvalue weighted by Gasteiger charge is -2.11. The van der Waals surface area contributed by atoms with Gasteiger partial charge in [0.25, 0.3) is 0 Å². The molecule has 70 valence electrons. The summed E-state index contributed by atoms with van der Waals surface area (Å²) in [5.74, 6) is 0. The number of halogens is 3. The first-order valence-corrected chi connectivity index (χ1v) is 3.99. The fourth-order valence-corrected chi connectivity index (χ4v) is 1.27. The van der Waals surface area contributed by atoms with E-state index in [0.29, 0.717) is 0 Å². The molecule has 4 nitrogen and oxygen atoms in total. The number of rotatable bonds is 2. The van der Waals surface area contributed by atoms with Gasteiger partial charge in [0.2, 0.25) is 0 Å². The van der Waals surface area contributed by atoms with Crippen LogP contribution in [0.15, 0.2) is 16.0 Å². The molecule has 1 atom stereocenters. The van der Waals surface area contributed by atoms with Gasteiger partial charge in [-0.3, -0.25) is 0 Å². The van der Waals surface area contributed by atoms with Crippen molar-refractivity contribution in [2.24, 2.45) is 5.11 Å². The molecule has 0 saturated heterocycles. The number of nitrogens with zero attached hydrogens (tertiary/aromatic N) is 4. The Morgan fingerprint density at radius 3 is 2.69 bits per heavy atom. The summed E-state index contributed by atoms with van der Waals surface area (Å²) >= 11 is 1.02. The van der Waals surface area contributed by atoms with Crippen LogP contribution in [0.3, 0.4) is 0 Å². The van der Waals surface area contributed by atoms with Crippen LogP contribution in [0.4, 0.5) is 13.2 Å². The molecule has 0 fully saturated rings. The van der Waals surface area contributed by atoms with Crippen molar-refractivity contribution in [1.82, 2.24) is 4.98 Å². The van der Waals surface area contributed by atoms with Gasteiger partial charge in [-0.15, -0.1) is 11.3 Å². The number of aromatic nitrogens is 1. The van der Waals surface area contributed by atoms with Crippen molar-refractivity contribution in [3.63, 3.8) is 0 Å². The van der Waals surface area contributed by atoms with Crippen LogP contribution >= 0.6 is 11.3 Å². The highest BCUT2D eigenvalue weighted by atomic mass is 32.1. The normalized spacial score (nSPS) is 13.5. The summed E-state index contributed by atoms with van der Waals surface area (Å²) in [4.78, 5) is 5.56. The van der Waals surface area contributed by atoms with E-state index in [1.807, 2.05) is 0 Å². The lowest BCUT2D eigenvalue weighted by Crippen LogP contribution is -2.18. The monoisotopic (exact) mass is 208 g/mol. The van der Waals surface area contributed by atoms with Crippen LogP contribution in [0.1, 0.15) is 11.7 Å². The van der Waals surface area contributed by atoms with Gasteiger partial charge in [0.05, 0.1) is 11.2 Å². The Morgan fingerprint density at radius 2 is 2.31 bits per heavy atom. The number of hydrogen-bond acceptors (Lipinski definition) is 3. The van der Waals surface area contributed by atoms with E-state index in [2.05, 4.69) is 15.0 Å². The van der Waals surface area contributed by atoms with Crippen LogP contribution in [0, 0.1) is 0 Å². The Hall–Kier alpha value is -1.27. The van der Waals surface area contributed by atoms with Crippen molar-refractivity contribution >= 4 is 11.3 Å². The lowest BCUT2D eigenvalue weighted by atomic mass is 10.2. The maximum Gasteiger partial charge on any atom is 0.403 e. The molecule has 0 amide bonds. The number of azide groups is 1. The quantitative estimate of drug-likeness (QED) is 0.418. The van der Waals surface area contributed by atoms with Crippen molar-refractivity contribution < 1.29 is 13.2 Å². The zero-order valence-electron chi connectivity index (χ0n) is 6.06. The minimum atomic E-state index is -4.58. The third-order valence-corrected chi connectivity index (χ3v) is 1.81. The summed E-state index contributed by atoms with van der Waals surface area (Å²) in [6.07, 6.45) is -4.58. The van der Waals surface area contributed by atoms with E-state index < -0.39 is 12.2 Å². The molecule has 0 aliphatic carbocycles. The Balaban J connectivity index is 3.00. The fourth-order valence-electron chi connectivity index (χ4n) is 0.701. The van der Waals surface area contributed by atoms with Crippen LogP contribution in [0.2, 0.25) is 0 Å². The lowest BCUT2D eigenvalue weighted by molar-refractivity contribution is -0.149. The molecule has 1 aromatic rings. The van der Waals surface area contributed by atoms with Crippen molar-refractivity contribution in [1.29, 1.82) is 0 Å². The molecule has 0 aliphatic heterocycles. The van der Waals surface area contributed by atoms with Gasteiger partial charge in [-0.2, -0.15) is 13.2 Å². The summed E-state index contributed by atoms with van der Waals surface area (Å²) in [5, 5.41) is 3.84. The van der Waals surface area contributed by atoms with Crippen molar-refractivity contribution in [2.45, 2.75) is 12.2 Å². The third kappa shape index (κ3) is 2.33. The molecule has 0 N–H and O–H groups in total. The van der Waals surface area contributed by atoms with Crippen LogP contribution in [0.25, 0.3) is 10.4 Å². The second-order valence-corrected chi connectivity index (χ2v) is 2.78. The van der Waals surface area contributed by atoms with Crippen molar-refractivity contribution in [3.05, 3.63) is 27.0 Å². The fraction of sp³-hybridized carbons (Fsp3) is 0.400. The molecule has 0 saturated carbocycles. The summed E-state index contributed by atoms with van der Waals surface area (Å²) in [6.45, 7) is 0. The molecule has 13 heavy (non-hydrogen) atoms. The van der Waals surface area contributed by atoms with Gasteiger partial charge in [0.15, 0.2) is 6.04 Å². The van der Waals surface area contributed by atoms with Gasteiger partial charge >= 0.3 is 6.18 Å². The van der Waals surface area contributed by atoms with E-state index in [-0.39, 0.29) is 5.69 Å². The Kier molecular flexibility index (Phi) is 2.74. The SMILES string of the molecule is [N-]=[N+]=NC(c1cscn1)C(F)(F)F. The van der Waals surface area contributed by atoms with Crippen molar-refractivity contribution in [2.75, 3.05) is 0 Å². The molecular weight excluding hydrogens is 205 g/mol. The number of hydrogen-bond donors (Lipinski definition) is 0. The summed E-state index contributed by atoms with van der Waals surface area (Å²) in [5.41, 5.74) is 8.92. The van der Waals surface area contributed by atoms with E-state index in [1.54, 1.807) is 0 Å². The number of thiazole rings is 1. The van der Waals surface area contributed by atoms with Gasteiger partial charge in [0, 0.05) is 10.3 Å². The van der Waals surface area contributed by atoms with Crippen LogP contribution in [0.5, 0.6) is 0 Å². The average Bonchev–Trinajstić information content (AvgIpc) is 2.49. The first-order chi connectivity index (χ1) is 6.05. The molecule has 0 radical (unpaired) electrons. The maximum atomic E-state index is 12.2. The Morgan fingerprint density at radius 1 is 1.62 bits per heavy atom. The zero-order chi connectivity index (χ0) is 9.90. The summed E-state index contributed by atoms with van der Waals surface area (Å²) in [7, 11) is 0. The predicted molar refractivity (Wildman–Crippen MR) is 40.1 cm³/mol. The highest BCUT2D eigenvalue weighted by Gasteiger charge is 2.41. The first kappa shape index (κ1) is 9.82. The highest BCUT2D eigenvalue weighted by molar-refractivity contribution is 7.07. The Labute approximate surface area is 74.7 Å². The first-order valence-electron chi connectivity index (χ1n) is 3.04. The molecule has 1 rings (SSSR count). The maximum absolute atomic E-state index is 12.2.